The van der Waals surface area contributed by atoms with Crippen LogP contribution in [0.1, 0.15) is 21.5 Å². The predicted octanol–water partition coefficient (Wildman–Crippen LogP) is 2.33. The van der Waals surface area contributed by atoms with Crippen molar-refractivity contribution in [3.8, 4) is 0 Å². The van der Waals surface area contributed by atoms with Crippen LogP contribution in [-0.4, -0.2) is 18.9 Å². The fourth-order valence-corrected chi connectivity index (χ4v) is 1.89. The monoisotopic (exact) mass is 283 g/mol. The first-order valence-corrected chi connectivity index (χ1v) is 6.76. The first-order chi connectivity index (χ1) is 10.3. The summed E-state index contributed by atoms with van der Waals surface area (Å²) in [5.74, 6) is -0.337. The van der Waals surface area contributed by atoms with Crippen LogP contribution in [0.3, 0.4) is 0 Å². The van der Waals surface area contributed by atoms with Crippen LogP contribution in [-0.2, 0) is 22.6 Å². The SMILES string of the molecule is O=CNCCc1ccc(C(=O)OCc2ccccc2)cc1. The zero-order valence-corrected chi connectivity index (χ0v) is 11.6. The maximum atomic E-state index is 11.9. The Kier molecular flexibility index (Phi) is 5.52. The van der Waals surface area contributed by atoms with Gasteiger partial charge in [0.05, 0.1) is 5.56 Å². The molecule has 108 valence electrons. The largest absolute Gasteiger partial charge is 0.457 e. The molecule has 4 heteroatoms. The van der Waals surface area contributed by atoms with E-state index in [1.165, 1.54) is 0 Å². The Bertz CT molecular complexity index is 579. The van der Waals surface area contributed by atoms with Crippen LogP contribution >= 0.6 is 0 Å². The summed E-state index contributed by atoms with van der Waals surface area (Å²) in [4.78, 5) is 22.1. The Hall–Kier alpha value is -2.62. The second kappa shape index (κ2) is 7.85. The number of carbonyl (C=O) groups is 2. The van der Waals surface area contributed by atoms with Crippen molar-refractivity contribution in [3.63, 3.8) is 0 Å². The molecule has 21 heavy (non-hydrogen) atoms. The van der Waals surface area contributed by atoms with E-state index in [1.807, 2.05) is 42.5 Å². The lowest BCUT2D eigenvalue weighted by molar-refractivity contribution is -0.109. The van der Waals surface area contributed by atoms with E-state index < -0.39 is 0 Å². The minimum atomic E-state index is -0.337. The Morgan fingerprint density at radius 3 is 2.38 bits per heavy atom. The smallest absolute Gasteiger partial charge is 0.338 e. The average Bonchev–Trinajstić information content (AvgIpc) is 2.54. The van der Waals surface area contributed by atoms with E-state index >= 15 is 0 Å². The third-order valence-electron chi connectivity index (χ3n) is 3.04. The molecule has 0 aliphatic carbocycles. The van der Waals surface area contributed by atoms with Gasteiger partial charge in [0, 0.05) is 6.54 Å². The van der Waals surface area contributed by atoms with Gasteiger partial charge in [-0.05, 0) is 29.7 Å². The van der Waals surface area contributed by atoms with Crippen LogP contribution in [0.15, 0.2) is 54.6 Å². The molecule has 1 amide bonds. The summed E-state index contributed by atoms with van der Waals surface area (Å²) in [6.45, 7) is 0.853. The molecule has 0 radical (unpaired) electrons. The lowest BCUT2D eigenvalue weighted by Crippen LogP contribution is -2.14. The second-order valence-corrected chi connectivity index (χ2v) is 4.58. The van der Waals surface area contributed by atoms with E-state index in [-0.39, 0.29) is 12.6 Å². The van der Waals surface area contributed by atoms with Gasteiger partial charge in [-0.3, -0.25) is 4.79 Å². The first-order valence-electron chi connectivity index (χ1n) is 6.76. The van der Waals surface area contributed by atoms with Crippen molar-refractivity contribution in [1.82, 2.24) is 5.32 Å². The summed E-state index contributed by atoms with van der Waals surface area (Å²) in [7, 11) is 0. The molecule has 1 N–H and O–H groups in total. The minimum Gasteiger partial charge on any atom is -0.457 e. The highest BCUT2D eigenvalue weighted by molar-refractivity contribution is 5.89. The maximum absolute atomic E-state index is 11.9. The molecule has 0 bridgehead atoms. The molecule has 4 nitrogen and oxygen atoms in total. The maximum Gasteiger partial charge on any atom is 0.338 e. The number of hydrogen-bond donors (Lipinski definition) is 1. The third kappa shape index (κ3) is 4.76. The summed E-state index contributed by atoms with van der Waals surface area (Å²) in [6.07, 6.45) is 1.41. The van der Waals surface area contributed by atoms with Gasteiger partial charge in [-0.1, -0.05) is 42.5 Å². The molecule has 0 heterocycles. The number of rotatable bonds is 7. The molecule has 0 fully saturated rings. The summed E-state index contributed by atoms with van der Waals surface area (Å²) in [6, 6.07) is 16.8. The Morgan fingerprint density at radius 1 is 1.00 bits per heavy atom. The van der Waals surface area contributed by atoms with Gasteiger partial charge in [-0.2, -0.15) is 0 Å². The minimum absolute atomic E-state index is 0.269. The van der Waals surface area contributed by atoms with Crippen LogP contribution in [0.4, 0.5) is 0 Å². The van der Waals surface area contributed by atoms with Crippen molar-refractivity contribution in [1.29, 1.82) is 0 Å². The van der Waals surface area contributed by atoms with Crippen LogP contribution < -0.4 is 5.32 Å². The lowest BCUT2D eigenvalue weighted by atomic mass is 10.1. The van der Waals surface area contributed by atoms with Crippen molar-refractivity contribution < 1.29 is 14.3 Å². The lowest BCUT2D eigenvalue weighted by Gasteiger charge is -2.06. The van der Waals surface area contributed by atoms with Gasteiger partial charge in [0.1, 0.15) is 6.61 Å². The molecule has 2 aromatic rings. The highest BCUT2D eigenvalue weighted by Crippen LogP contribution is 2.08. The molecule has 0 unspecified atom stereocenters. The number of carbonyl (C=O) groups excluding carboxylic acids is 2. The van der Waals surface area contributed by atoms with Crippen LogP contribution in [0.25, 0.3) is 0 Å². The number of ether oxygens (including phenoxy) is 1. The topological polar surface area (TPSA) is 55.4 Å². The van der Waals surface area contributed by atoms with Crippen molar-refractivity contribution in [2.24, 2.45) is 0 Å². The summed E-state index contributed by atoms with van der Waals surface area (Å²) in [5, 5.41) is 2.60. The summed E-state index contributed by atoms with van der Waals surface area (Å²) >= 11 is 0. The van der Waals surface area contributed by atoms with Gasteiger partial charge < -0.3 is 10.1 Å². The van der Waals surface area contributed by atoms with Gasteiger partial charge >= 0.3 is 5.97 Å². The number of benzene rings is 2. The van der Waals surface area contributed by atoms with Gasteiger partial charge in [-0.25, -0.2) is 4.79 Å². The second-order valence-electron chi connectivity index (χ2n) is 4.58. The van der Waals surface area contributed by atoms with Crippen molar-refractivity contribution in [2.75, 3.05) is 6.54 Å². The van der Waals surface area contributed by atoms with E-state index in [2.05, 4.69) is 5.32 Å². The van der Waals surface area contributed by atoms with Crippen LogP contribution in [0.5, 0.6) is 0 Å². The van der Waals surface area contributed by atoms with Gasteiger partial charge in [0.15, 0.2) is 0 Å². The first kappa shape index (κ1) is 14.8. The van der Waals surface area contributed by atoms with E-state index in [1.54, 1.807) is 12.1 Å². The van der Waals surface area contributed by atoms with E-state index in [0.29, 0.717) is 18.5 Å². The molecule has 0 aromatic heterocycles. The molecular weight excluding hydrogens is 266 g/mol. The Labute approximate surface area is 123 Å². The molecular formula is C17H17NO3. The third-order valence-corrected chi connectivity index (χ3v) is 3.04. The number of nitrogens with one attached hydrogen (secondary N) is 1. The average molecular weight is 283 g/mol. The molecule has 0 aliphatic rings. The molecule has 0 aliphatic heterocycles. The highest BCUT2D eigenvalue weighted by atomic mass is 16.5. The van der Waals surface area contributed by atoms with Gasteiger partial charge in [0.25, 0.3) is 0 Å². The molecule has 0 saturated heterocycles. The molecule has 2 aromatic carbocycles. The fourth-order valence-electron chi connectivity index (χ4n) is 1.89. The molecule has 0 saturated carbocycles. The normalized spacial score (nSPS) is 9.90. The Balaban J connectivity index is 1.86. The van der Waals surface area contributed by atoms with E-state index in [0.717, 1.165) is 17.5 Å². The summed E-state index contributed by atoms with van der Waals surface area (Å²) in [5.41, 5.74) is 2.55. The predicted molar refractivity (Wildman–Crippen MR) is 79.8 cm³/mol. The van der Waals surface area contributed by atoms with Crippen LogP contribution in [0.2, 0.25) is 0 Å². The molecule has 0 spiro atoms. The molecule has 0 atom stereocenters. The standard InChI is InChI=1S/C17H17NO3/c19-13-18-11-10-14-6-8-16(9-7-14)17(20)21-12-15-4-2-1-3-5-15/h1-9,13H,10-12H2,(H,18,19). The van der Waals surface area contributed by atoms with Gasteiger partial charge in [0.2, 0.25) is 6.41 Å². The zero-order chi connectivity index (χ0) is 14.9. The van der Waals surface area contributed by atoms with Crippen molar-refractivity contribution in [2.45, 2.75) is 13.0 Å². The molecule has 2 rings (SSSR count). The van der Waals surface area contributed by atoms with E-state index in [4.69, 9.17) is 4.74 Å². The Morgan fingerprint density at radius 2 is 1.71 bits per heavy atom. The number of esters is 1. The van der Waals surface area contributed by atoms with Gasteiger partial charge in [-0.15, -0.1) is 0 Å². The number of amides is 1. The quantitative estimate of drug-likeness (QED) is 0.482. The van der Waals surface area contributed by atoms with Crippen molar-refractivity contribution in [3.05, 3.63) is 71.3 Å². The van der Waals surface area contributed by atoms with Crippen LogP contribution in [0, 0.1) is 0 Å². The fraction of sp³-hybridized carbons (Fsp3) is 0.176. The highest BCUT2D eigenvalue weighted by Gasteiger charge is 2.07. The van der Waals surface area contributed by atoms with Crippen molar-refractivity contribution >= 4 is 12.4 Å². The summed E-state index contributed by atoms with van der Waals surface area (Å²) < 4.78 is 5.25. The zero-order valence-electron chi connectivity index (χ0n) is 11.6. The number of hydrogen-bond acceptors (Lipinski definition) is 3. The van der Waals surface area contributed by atoms with E-state index in [9.17, 15) is 9.59 Å².